The first-order valence-corrected chi connectivity index (χ1v) is 8.26. The molecule has 1 unspecified atom stereocenters. The van der Waals surface area contributed by atoms with E-state index >= 15 is 0 Å². The predicted octanol–water partition coefficient (Wildman–Crippen LogP) is 5.71. The molecule has 108 valence electrons. The van der Waals surface area contributed by atoms with Gasteiger partial charge in [0.05, 0.1) is 0 Å². The van der Waals surface area contributed by atoms with Crippen LogP contribution < -0.4 is 0 Å². The van der Waals surface area contributed by atoms with Crippen LogP contribution in [-0.2, 0) is 0 Å². The largest absolute Gasteiger partial charge is 0.0765 e. The van der Waals surface area contributed by atoms with Crippen LogP contribution in [0.3, 0.4) is 0 Å². The fourth-order valence-electron chi connectivity index (χ4n) is 4.79. The van der Waals surface area contributed by atoms with Crippen LogP contribution in [0.15, 0.2) is 71.8 Å². The molecular formula is C22H20. The Balaban J connectivity index is 1.72. The lowest BCUT2D eigenvalue weighted by atomic mass is 9.59. The molecule has 0 radical (unpaired) electrons. The second kappa shape index (κ2) is 4.01. The average Bonchev–Trinajstić information content (AvgIpc) is 3.03. The first-order valence-electron chi connectivity index (χ1n) is 8.26. The molecule has 0 heterocycles. The first kappa shape index (κ1) is 12.5. The zero-order valence-corrected chi connectivity index (χ0v) is 13.1. The third-order valence-corrected chi connectivity index (χ3v) is 5.85. The minimum Gasteiger partial charge on any atom is -0.0765 e. The minimum absolute atomic E-state index is 0.444. The molecule has 3 aliphatic carbocycles. The van der Waals surface area contributed by atoms with Gasteiger partial charge in [0.1, 0.15) is 0 Å². The lowest BCUT2D eigenvalue weighted by Gasteiger charge is -2.45. The summed E-state index contributed by atoms with van der Waals surface area (Å²) < 4.78 is 0. The molecule has 22 heavy (non-hydrogen) atoms. The highest BCUT2D eigenvalue weighted by molar-refractivity contribution is 5.81. The standard InChI is InChI=1S/C22H20/c1-22(2)13-19-18(11-12-20(19)22)21-16-9-5-3-7-14(16)15-8-4-6-10-17(15)21/h3-12,20-21H,13H2,1-2H3. The van der Waals surface area contributed by atoms with Crippen LogP contribution >= 0.6 is 0 Å². The number of fused-ring (bicyclic) bond motifs is 4. The van der Waals surface area contributed by atoms with Crippen molar-refractivity contribution in [3.63, 3.8) is 0 Å². The monoisotopic (exact) mass is 284 g/mol. The summed E-state index contributed by atoms with van der Waals surface area (Å²) in [6, 6.07) is 17.9. The number of allylic oxidation sites excluding steroid dienone is 4. The Hall–Kier alpha value is -2.08. The van der Waals surface area contributed by atoms with Crippen LogP contribution in [-0.4, -0.2) is 0 Å². The van der Waals surface area contributed by atoms with Crippen molar-refractivity contribution in [2.45, 2.75) is 26.2 Å². The van der Waals surface area contributed by atoms with Crippen molar-refractivity contribution in [3.8, 4) is 11.1 Å². The van der Waals surface area contributed by atoms with Gasteiger partial charge in [-0.25, -0.2) is 0 Å². The van der Waals surface area contributed by atoms with E-state index in [1.165, 1.54) is 28.7 Å². The van der Waals surface area contributed by atoms with Gasteiger partial charge in [-0.2, -0.15) is 0 Å². The number of rotatable bonds is 1. The molecule has 1 fully saturated rings. The quantitative estimate of drug-likeness (QED) is 0.629. The molecule has 1 saturated carbocycles. The molecule has 0 bridgehead atoms. The lowest BCUT2D eigenvalue weighted by molar-refractivity contribution is 0.200. The molecule has 5 rings (SSSR count). The van der Waals surface area contributed by atoms with Crippen LogP contribution in [0.25, 0.3) is 11.1 Å². The second-order valence-corrected chi connectivity index (χ2v) is 7.59. The van der Waals surface area contributed by atoms with E-state index in [0.717, 1.165) is 0 Å². The normalized spacial score (nSPS) is 24.0. The molecule has 0 amide bonds. The second-order valence-electron chi connectivity index (χ2n) is 7.59. The van der Waals surface area contributed by atoms with Gasteiger partial charge in [-0.15, -0.1) is 0 Å². The Morgan fingerprint density at radius 2 is 1.45 bits per heavy atom. The Kier molecular flexibility index (Phi) is 2.27. The van der Waals surface area contributed by atoms with E-state index in [1.54, 1.807) is 11.1 Å². The van der Waals surface area contributed by atoms with Gasteiger partial charge in [-0.3, -0.25) is 0 Å². The molecule has 2 aromatic carbocycles. The Morgan fingerprint density at radius 1 is 0.864 bits per heavy atom. The van der Waals surface area contributed by atoms with Crippen molar-refractivity contribution >= 4 is 0 Å². The van der Waals surface area contributed by atoms with Crippen LogP contribution in [0, 0.1) is 11.3 Å². The zero-order chi connectivity index (χ0) is 14.9. The van der Waals surface area contributed by atoms with E-state index < -0.39 is 0 Å². The molecule has 0 nitrogen and oxygen atoms in total. The maximum Gasteiger partial charge on any atom is 0.0351 e. The lowest BCUT2D eigenvalue weighted by Crippen LogP contribution is -2.35. The predicted molar refractivity (Wildman–Crippen MR) is 91.8 cm³/mol. The topological polar surface area (TPSA) is 0 Å². The van der Waals surface area contributed by atoms with Gasteiger partial charge < -0.3 is 0 Å². The van der Waals surface area contributed by atoms with Gasteiger partial charge in [0.25, 0.3) is 0 Å². The number of hydrogen-bond acceptors (Lipinski definition) is 0. The van der Waals surface area contributed by atoms with Crippen molar-refractivity contribution in [2.24, 2.45) is 11.3 Å². The molecular weight excluding hydrogens is 264 g/mol. The summed E-state index contributed by atoms with van der Waals surface area (Å²) >= 11 is 0. The summed E-state index contributed by atoms with van der Waals surface area (Å²) in [6.07, 6.45) is 6.11. The summed E-state index contributed by atoms with van der Waals surface area (Å²) in [5, 5.41) is 0. The van der Waals surface area contributed by atoms with E-state index in [-0.39, 0.29) is 0 Å². The van der Waals surface area contributed by atoms with E-state index in [1.807, 2.05) is 0 Å². The van der Waals surface area contributed by atoms with Crippen molar-refractivity contribution in [1.82, 2.24) is 0 Å². The molecule has 3 aliphatic rings. The summed E-state index contributed by atoms with van der Waals surface area (Å²) in [6.45, 7) is 4.79. The summed E-state index contributed by atoms with van der Waals surface area (Å²) in [7, 11) is 0. The molecule has 0 aromatic heterocycles. The summed E-state index contributed by atoms with van der Waals surface area (Å²) in [5.41, 5.74) is 9.52. The van der Waals surface area contributed by atoms with Crippen molar-refractivity contribution < 1.29 is 0 Å². The first-order chi connectivity index (χ1) is 10.7. The fourth-order valence-corrected chi connectivity index (χ4v) is 4.79. The highest BCUT2D eigenvalue weighted by atomic mass is 14.5. The van der Waals surface area contributed by atoms with E-state index in [4.69, 9.17) is 0 Å². The SMILES string of the molecule is CC1(C)CC2=C(C3c4ccccc4-c4ccccc43)C=CC21. The number of hydrogen-bond donors (Lipinski definition) is 0. The van der Waals surface area contributed by atoms with Gasteiger partial charge in [0, 0.05) is 11.8 Å². The van der Waals surface area contributed by atoms with E-state index in [2.05, 4.69) is 74.5 Å². The Morgan fingerprint density at radius 3 is 2.00 bits per heavy atom. The van der Waals surface area contributed by atoms with Crippen LogP contribution in [0.4, 0.5) is 0 Å². The van der Waals surface area contributed by atoms with Crippen molar-refractivity contribution in [2.75, 3.05) is 0 Å². The molecule has 0 spiro atoms. The van der Waals surface area contributed by atoms with Crippen LogP contribution in [0.5, 0.6) is 0 Å². The summed E-state index contributed by atoms with van der Waals surface area (Å²) in [4.78, 5) is 0. The average molecular weight is 284 g/mol. The van der Waals surface area contributed by atoms with Gasteiger partial charge in [0.2, 0.25) is 0 Å². The third-order valence-electron chi connectivity index (χ3n) is 5.85. The zero-order valence-electron chi connectivity index (χ0n) is 13.1. The fraction of sp³-hybridized carbons (Fsp3) is 0.273. The maximum atomic E-state index is 2.44. The van der Waals surface area contributed by atoms with E-state index in [0.29, 0.717) is 17.3 Å². The molecule has 0 heteroatoms. The highest BCUT2D eigenvalue weighted by Crippen LogP contribution is 2.59. The van der Waals surface area contributed by atoms with Gasteiger partial charge in [-0.05, 0) is 39.7 Å². The highest BCUT2D eigenvalue weighted by Gasteiger charge is 2.46. The van der Waals surface area contributed by atoms with Gasteiger partial charge >= 0.3 is 0 Å². The Bertz CT molecular complexity index is 802. The minimum atomic E-state index is 0.444. The van der Waals surface area contributed by atoms with E-state index in [9.17, 15) is 0 Å². The molecule has 2 aromatic rings. The molecule has 0 saturated heterocycles. The third kappa shape index (κ3) is 1.43. The van der Waals surface area contributed by atoms with Gasteiger partial charge in [0.15, 0.2) is 0 Å². The number of benzene rings is 2. The van der Waals surface area contributed by atoms with Crippen LogP contribution in [0.2, 0.25) is 0 Å². The molecule has 0 N–H and O–H groups in total. The van der Waals surface area contributed by atoms with Gasteiger partial charge in [-0.1, -0.05) is 80.1 Å². The molecule has 0 aliphatic heterocycles. The smallest absolute Gasteiger partial charge is 0.0351 e. The van der Waals surface area contributed by atoms with Crippen molar-refractivity contribution in [1.29, 1.82) is 0 Å². The molecule has 1 atom stereocenters. The van der Waals surface area contributed by atoms with Crippen LogP contribution in [0.1, 0.15) is 37.3 Å². The maximum absolute atomic E-state index is 2.44. The Labute approximate surface area is 132 Å². The van der Waals surface area contributed by atoms with Crippen molar-refractivity contribution in [3.05, 3.63) is 83.0 Å². The summed E-state index contributed by atoms with van der Waals surface area (Å²) in [5.74, 6) is 1.11.